The Balaban J connectivity index is 2.46. The molecule has 0 saturated carbocycles. The molecule has 1 unspecified atom stereocenters. The van der Waals surface area contributed by atoms with Gasteiger partial charge in [0.1, 0.15) is 0 Å². The molecule has 90 valence electrons. The molecule has 1 N–H and O–H groups in total. The number of hydrogen-bond donors (Lipinski definition) is 1. The van der Waals surface area contributed by atoms with Gasteiger partial charge in [-0.05, 0) is 34.5 Å². The monoisotopic (exact) mass is 369 g/mol. The first kappa shape index (κ1) is 14.2. The molecule has 1 heterocycles. The lowest BCUT2D eigenvalue weighted by Gasteiger charge is -2.08. The number of halogens is 2. The van der Waals surface area contributed by atoms with Gasteiger partial charge in [-0.2, -0.15) is 0 Å². The van der Waals surface area contributed by atoms with E-state index >= 15 is 0 Å². The molecule has 0 aliphatic rings. The Labute approximate surface area is 116 Å². The number of hydrogen-bond acceptors (Lipinski definition) is 3. The zero-order valence-corrected chi connectivity index (χ0v) is 13.0. The van der Waals surface area contributed by atoms with Crippen LogP contribution in [0.2, 0.25) is 0 Å². The van der Waals surface area contributed by atoms with Gasteiger partial charge >= 0.3 is 0 Å². The Morgan fingerprint density at radius 3 is 2.88 bits per heavy atom. The molecule has 1 aromatic rings. The summed E-state index contributed by atoms with van der Waals surface area (Å²) < 4.78 is 5.97. The van der Waals surface area contributed by atoms with E-state index in [2.05, 4.69) is 37.2 Å². The van der Waals surface area contributed by atoms with E-state index in [0.29, 0.717) is 13.2 Å². The van der Waals surface area contributed by atoms with Gasteiger partial charge in [0.25, 0.3) is 5.91 Å². The third-order valence-corrected chi connectivity index (χ3v) is 4.64. The molecule has 1 aromatic heterocycles. The van der Waals surface area contributed by atoms with E-state index in [1.165, 1.54) is 11.3 Å². The lowest BCUT2D eigenvalue weighted by atomic mass is 10.3. The second kappa shape index (κ2) is 6.74. The molecule has 0 saturated heterocycles. The Bertz CT molecular complexity index is 348. The van der Waals surface area contributed by atoms with Gasteiger partial charge in [-0.15, -0.1) is 11.3 Å². The van der Waals surface area contributed by atoms with Crippen LogP contribution in [0.5, 0.6) is 0 Å². The third kappa shape index (κ3) is 4.16. The molecular weight excluding hydrogens is 358 g/mol. The molecule has 0 aliphatic heterocycles. The van der Waals surface area contributed by atoms with Crippen molar-refractivity contribution in [3.63, 3.8) is 0 Å². The molecule has 6 heteroatoms. The summed E-state index contributed by atoms with van der Waals surface area (Å²) in [6.07, 6.45) is 0. The highest BCUT2D eigenvalue weighted by atomic mass is 79.9. The standard InChI is InChI=1S/C10H13Br2NO2S/c1-6-3-8(16-9(6)12)10(14)13-4-7(11)5-15-2/h3,7H,4-5H2,1-2H3,(H,13,14). The quantitative estimate of drug-likeness (QED) is 0.809. The van der Waals surface area contributed by atoms with Crippen molar-refractivity contribution in [1.29, 1.82) is 0 Å². The lowest BCUT2D eigenvalue weighted by Crippen LogP contribution is -2.30. The Morgan fingerprint density at radius 2 is 2.38 bits per heavy atom. The van der Waals surface area contributed by atoms with Crippen LogP contribution in [0.4, 0.5) is 0 Å². The van der Waals surface area contributed by atoms with E-state index in [4.69, 9.17) is 4.74 Å². The summed E-state index contributed by atoms with van der Waals surface area (Å²) in [6, 6.07) is 1.88. The summed E-state index contributed by atoms with van der Waals surface area (Å²) >= 11 is 8.26. The number of aryl methyl sites for hydroxylation is 1. The van der Waals surface area contributed by atoms with Crippen molar-refractivity contribution in [2.24, 2.45) is 0 Å². The molecule has 1 rings (SSSR count). The van der Waals surface area contributed by atoms with Crippen LogP contribution in [0.25, 0.3) is 0 Å². The minimum atomic E-state index is -0.0423. The SMILES string of the molecule is COCC(Br)CNC(=O)c1cc(C)c(Br)s1. The van der Waals surface area contributed by atoms with Crippen molar-refractivity contribution in [2.75, 3.05) is 20.3 Å². The fraction of sp³-hybridized carbons (Fsp3) is 0.500. The van der Waals surface area contributed by atoms with Gasteiger partial charge in [-0.1, -0.05) is 15.9 Å². The van der Waals surface area contributed by atoms with E-state index in [1.54, 1.807) is 7.11 Å². The number of amides is 1. The van der Waals surface area contributed by atoms with Gasteiger partial charge in [0.05, 0.1) is 20.1 Å². The second-order valence-corrected chi connectivity index (χ2v) is 7.00. The highest BCUT2D eigenvalue weighted by molar-refractivity contribution is 9.11. The molecule has 1 atom stereocenters. The van der Waals surface area contributed by atoms with Gasteiger partial charge in [-0.3, -0.25) is 4.79 Å². The fourth-order valence-corrected chi connectivity index (χ4v) is 2.98. The number of ether oxygens (including phenoxy) is 1. The molecule has 0 fully saturated rings. The van der Waals surface area contributed by atoms with Crippen LogP contribution >= 0.6 is 43.2 Å². The fourth-order valence-electron chi connectivity index (χ4n) is 1.10. The van der Waals surface area contributed by atoms with E-state index in [1.807, 2.05) is 13.0 Å². The summed E-state index contributed by atoms with van der Waals surface area (Å²) in [5, 5.41) is 2.85. The smallest absolute Gasteiger partial charge is 0.261 e. The van der Waals surface area contributed by atoms with Gasteiger partial charge in [-0.25, -0.2) is 0 Å². The Kier molecular flexibility index (Phi) is 5.96. The molecular formula is C10H13Br2NO2S. The third-order valence-electron chi connectivity index (χ3n) is 1.91. The number of alkyl halides is 1. The van der Waals surface area contributed by atoms with Gasteiger partial charge in [0.2, 0.25) is 0 Å². The minimum Gasteiger partial charge on any atom is -0.383 e. The van der Waals surface area contributed by atoms with E-state index in [-0.39, 0.29) is 10.7 Å². The predicted octanol–water partition coefficient (Wildman–Crippen LogP) is 2.96. The number of carbonyl (C=O) groups excluding carboxylic acids is 1. The van der Waals surface area contributed by atoms with E-state index in [0.717, 1.165) is 14.2 Å². The van der Waals surface area contributed by atoms with Gasteiger partial charge in [0, 0.05) is 13.7 Å². The minimum absolute atomic E-state index is 0.0423. The second-order valence-electron chi connectivity index (χ2n) is 3.33. The molecule has 0 aromatic carbocycles. The van der Waals surface area contributed by atoms with Crippen LogP contribution in [0.1, 0.15) is 15.2 Å². The first-order valence-corrected chi connectivity index (χ1v) is 7.24. The van der Waals surface area contributed by atoms with Crippen LogP contribution in [-0.4, -0.2) is 31.0 Å². The average molecular weight is 371 g/mol. The largest absolute Gasteiger partial charge is 0.383 e. The molecule has 0 spiro atoms. The highest BCUT2D eigenvalue weighted by Crippen LogP contribution is 2.27. The van der Waals surface area contributed by atoms with Crippen molar-refractivity contribution >= 4 is 49.1 Å². The number of rotatable bonds is 5. The van der Waals surface area contributed by atoms with Crippen molar-refractivity contribution in [3.05, 3.63) is 20.3 Å². The number of methoxy groups -OCH3 is 1. The van der Waals surface area contributed by atoms with E-state index in [9.17, 15) is 4.79 Å². The number of nitrogens with one attached hydrogen (secondary N) is 1. The summed E-state index contributed by atoms with van der Waals surface area (Å²) in [7, 11) is 1.63. The van der Waals surface area contributed by atoms with Crippen molar-refractivity contribution in [3.8, 4) is 0 Å². The Morgan fingerprint density at radius 1 is 1.69 bits per heavy atom. The zero-order chi connectivity index (χ0) is 12.1. The van der Waals surface area contributed by atoms with Crippen LogP contribution < -0.4 is 5.32 Å². The average Bonchev–Trinajstić information content (AvgIpc) is 2.56. The lowest BCUT2D eigenvalue weighted by molar-refractivity contribution is 0.0954. The van der Waals surface area contributed by atoms with Crippen molar-refractivity contribution < 1.29 is 9.53 Å². The topological polar surface area (TPSA) is 38.3 Å². The highest BCUT2D eigenvalue weighted by Gasteiger charge is 2.12. The van der Waals surface area contributed by atoms with Gasteiger partial charge in [0.15, 0.2) is 0 Å². The molecule has 3 nitrogen and oxygen atoms in total. The normalized spacial score (nSPS) is 12.5. The number of thiophene rings is 1. The summed E-state index contributed by atoms with van der Waals surface area (Å²) in [5.41, 5.74) is 1.09. The maximum Gasteiger partial charge on any atom is 0.261 e. The first-order valence-electron chi connectivity index (χ1n) is 4.71. The molecule has 1 amide bonds. The van der Waals surface area contributed by atoms with Gasteiger partial charge < -0.3 is 10.1 Å². The summed E-state index contributed by atoms with van der Waals surface area (Å²) in [6.45, 7) is 3.10. The van der Waals surface area contributed by atoms with Crippen LogP contribution in [0.15, 0.2) is 9.85 Å². The molecule has 0 radical (unpaired) electrons. The predicted molar refractivity (Wildman–Crippen MR) is 73.7 cm³/mol. The molecule has 0 bridgehead atoms. The summed E-state index contributed by atoms with van der Waals surface area (Å²) in [5.74, 6) is -0.0423. The molecule has 16 heavy (non-hydrogen) atoms. The maximum atomic E-state index is 11.7. The van der Waals surface area contributed by atoms with Crippen LogP contribution in [-0.2, 0) is 4.74 Å². The zero-order valence-electron chi connectivity index (χ0n) is 9.05. The van der Waals surface area contributed by atoms with Crippen LogP contribution in [0, 0.1) is 6.92 Å². The maximum absolute atomic E-state index is 11.7. The van der Waals surface area contributed by atoms with Crippen LogP contribution in [0.3, 0.4) is 0 Å². The van der Waals surface area contributed by atoms with E-state index < -0.39 is 0 Å². The van der Waals surface area contributed by atoms with Crippen molar-refractivity contribution in [1.82, 2.24) is 5.32 Å². The first-order chi connectivity index (χ1) is 7.54. The molecule has 0 aliphatic carbocycles. The van der Waals surface area contributed by atoms with Crippen molar-refractivity contribution in [2.45, 2.75) is 11.8 Å². The number of carbonyl (C=O) groups is 1. The Hall–Kier alpha value is 0.0900. The summed E-state index contributed by atoms with van der Waals surface area (Å²) in [4.78, 5) is 12.6.